The predicted octanol–water partition coefficient (Wildman–Crippen LogP) is 3.81. The average Bonchev–Trinajstić information content (AvgIpc) is 2.69. The molecule has 0 radical (unpaired) electrons. The third-order valence-corrected chi connectivity index (χ3v) is 4.54. The third-order valence-electron chi connectivity index (χ3n) is 4.54. The summed E-state index contributed by atoms with van der Waals surface area (Å²) in [5, 5.41) is 12.2. The number of carbonyl (C=O) groups is 2. The first-order valence-electron chi connectivity index (χ1n) is 10.8. The number of aliphatic carboxylic acids is 1. The first kappa shape index (κ1) is 25.8. The Morgan fingerprint density at radius 3 is 2.27 bits per heavy atom. The van der Waals surface area contributed by atoms with E-state index in [1.807, 2.05) is 24.3 Å². The second-order valence-electron chi connectivity index (χ2n) is 8.23. The minimum Gasteiger partial charge on any atom is -0.492 e. The smallest absolute Gasteiger partial charge is 0.333 e. The number of nitrogens with one attached hydrogen (secondary N) is 1. The maximum Gasteiger partial charge on any atom is 0.333 e. The molecule has 0 fully saturated rings. The molecule has 0 saturated carbocycles. The Hall–Kier alpha value is -2.28. The van der Waals surface area contributed by atoms with Gasteiger partial charge in [0.15, 0.2) is 6.10 Å². The van der Waals surface area contributed by atoms with Gasteiger partial charge in [-0.2, -0.15) is 0 Å². The Kier molecular flexibility index (Phi) is 11.9. The van der Waals surface area contributed by atoms with Crippen molar-refractivity contribution < 1.29 is 24.2 Å². The van der Waals surface area contributed by atoms with Gasteiger partial charge in [0.25, 0.3) is 0 Å². The number of carboxylic acid groups (broad SMARTS) is 1. The maximum absolute atomic E-state index is 12.5. The van der Waals surface area contributed by atoms with E-state index < -0.39 is 12.1 Å². The molecule has 0 spiro atoms. The normalized spacial score (nSPS) is 12.1. The van der Waals surface area contributed by atoms with Gasteiger partial charge in [0.05, 0.1) is 6.54 Å². The van der Waals surface area contributed by atoms with Gasteiger partial charge in [0, 0.05) is 26.1 Å². The second-order valence-corrected chi connectivity index (χ2v) is 8.23. The molecule has 170 valence electrons. The first-order valence-corrected chi connectivity index (χ1v) is 10.8. The lowest BCUT2D eigenvalue weighted by molar-refractivity contribution is -0.149. The van der Waals surface area contributed by atoms with E-state index in [9.17, 15) is 14.7 Å². The molecule has 1 unspecified atom stereocenters. The summed E-state index contributed by atoms with van der Waals surface area (Å²) < 4.78 is 11.1. The van der Waals surface area contributed by atoms with Gasteiger partial charge in [0.2, 0.25) is 0 Å². The van der Waals surface area contributed by atoms with Crippen molar-refractivity contribution >= 4 is 12.0 Å². The summed E-state index contributed by atoms with van der Waals surface area (Å²) in [4.78, 5) is 25.5. The molecule has 0 aliphatic heterocycles. The number of hydrogen-bond acceptors (Lipinski definition) is 4. The Morgan fingerprint density at radius 1 is 1.07 bits per heavy atom. The lowest BCUT2D eigenvalue weighted by Gasteiger charge is -2.24. The van der Waals surface area contributed by atoms with Crippen LogP contribution in [-0.2, 0) is 16.0 Å². The maximum atomic E-state index is 12.5. The van der Waals surface area contributed by atoms with Crippen LogP contribution >= 0.6 is 0 Å². The monoisotopic (exact) mass is 422 g/mol. The molecule has 7 heteroatoms. The van der Waals surface area contributed by atoms with Gasteiger partial charge in [-0.3, -0.25) is 0 Å². The Bertz CT molecular complexity index is 631. The summed E-state index contributed by atoms with van der Waals surface area (Å²) in [7, 11) is 0. The fourth-order valence-electron chi connectivity index (χ4n) is 2.76. The lowest BCUT2D eigenvalue weighted by Crippen LogP contribution is -2.44. The topological polar surface area (TPSA) is 88.1 Å². The van der Waals surface area contributed by atoms with Crippen LogP contribution in [0.3, 0.4) is 0 Å². The summed E-state index contributed by atoms with van der Waals surface area (Å²) in [6, 6.07) is 7.26. The molecule has 2 N–H and O–H groups in total. The number of ether oxygens (including phenoxy) is 2. The van der Waals surface area contributed by atoms with Crippen molar-refractivity contribution in [3.05, 3.63) is 29.8 Å². The number of amides is 2. The van der Waals surface area contributed by atoms with Crippen LogP contribution in [-0.4, -0.2) is 61.0 Å². The van der Waals surface area contributed by atoms with Crippen molar-refractivity contribution in [1.82, 2.24) is 10.2 Å². The predicted molar refractivity (Wildman–Crippen MR) is 118 cm³/mol. The van der Waals surface area contributed by atoms with Crippen LogP contribution in [0.25, 0.3) is 0 Å². The molecule has 1 rings (SSSR count). The van der Waals surface area contributed by atoms with E-state index in [0.29, 0.717) is 56.9 Å². The Morgan fingerprint density at radius 2 is 1.73 bits per heavy atom. The largest absolute Gasteiger partial charge is 0.492 e. The Labute approximate surface area is 180 Å². The standard InChI is InChI=1S/C23H38N2O5/c1-6-29-21(22(26)27)15-19-7-9-20(10-8-19)30-14-13-25(12-11-17(2)3)23(28)24-16-18(4)5/h7-10,17-18,21H,6,11-16H2,1-5H3,(H,24,28)(H,26,27). The fraction of sp³-hybridized carbons (Fsp3) is 0.652. The second kappa shape index (κ2) is 13.9. The van der Waals surface area contributed by atoms with Crippen molar-refractivity contribution in [2.75, 3.05) is 32.8 Å². The third kappa shape index (κ3) is 10.5. The van der Waals surface area contributed by atoms with E-state index in [1.54, 1.807) is 11.8 Å². The first-order chi connectivity index (χ1) is 14.2. The van der Waals surface area contributed by atoms with E-state index in [1.165, 1.54) is 0 Å². The fourth-order valence-corrected chi connectivity index (χ4v) is 2.76. The van der Waals surface area contributed by atoms with E-state index in [-0.39, 0.29) is 6.03 Å². The van der Waals surface area contributed by atoms with Crippen LogP contribution in [0.5, 0.6) is 5.75 Å². The van der Waals surface area contributed by atoms with Gasteiger partial charge in [0.1, 0.15) is 12.4 Å². The molecule has 1 aromatic rings. The van der Waals surface area contributed by atoms with Gasteiger partial charge < -0.3 is 24.8 Å². The molecule has 7 nitrogen and oxygen atoms in total. The van der Waals surface area contributed by atoms with Crippen molar-refractivity contribution in [2.24, 2.45) is 11.8 Å². The number of rotatable bonds is 14. The molecular weight excluding hydrogens is 384 g/mol. The number of hydrogen-bond donors (Lipinski definition) is 2. The van der Waals surface area contributed by atoms with Crippen molar-refractivity contribution in [3.8, 4) is 5.75 Å². The number of carbonyl (C=O) groups excluding carboxylic acids is 1. The summed E-state index contributed by atoms with van der Waals surface area (Å²) in [6.45, 7) is 12.8. The molecule has 0 aliphatic rings. The number of carboxylic acids is 1. The zero-order chi connectivity index (χ0) is 22.5. The minimum absolute atomic E-state index is 0.0565. The van der Waals surface area contributed by atoms with E-state index in [2.05, 4.69) is 33.0 Å². The molecule has 0 aliphatic carbocycles. The molecule has 1 aromatic carbocycles. The number of nitrogens with zero attached hydrogens (tertiary/aromatic N) is 1. The molecule has 0 bridgehead atoms. The molecule has 1 atom stereocenters. The van der Waals surface area contributed by atoms with E-state index >= 15 is 0 Å². The molecule has 0 heterocycles. The molecular formula is C23H38N2O5. The summed E-state index contributed by atoms with van der Waals surface area (Å²) in [5.41, 5.74) is 0.870. The Balaban J connectivity index is 2.56. The number of urea groups is 1. The van der Waals surface area contributed by atoms with E-state index in [4.69, 9.17) is 9.47 Å². The lowest BCUT2D eigenvalue weighted by atomic mass is 10.1. The van der Waals surface area contributed by atoms with Crippen LogP contribution in [0.4, 0.5) is 4.79 Å². The zero-order valence-electron chi connectivity index (χ0n) is 19.0. The van der Waals surface area contributed by atoms with Gasteiger partial charge in [-0.25, -0.2) is 9.59 Å². The van der Waals surface area contributed by atoms with Crippen LogP contribution in [0.2, 0.25) is 0 Å². The van der Waals surface area contributed by atoms with Crippen molar-refractivity contribution in [3.63, 3.8) is 0 Å². The van der Waals surface area contributed by atoms with Gasteiger partial charge >= 0.3 is 12.0 Å². The highest BCUT2D eigenvalue weighted by molar-refractivity contribution is 5.74. The van der Waals surface area contributed by atoms with Crippen molar-refractivity contribution in [2.45, 2.75) is 53.6 Å². The highest BCUT2D eigenvalue weighted by Crippen LogP contribution is 2.15. The average molecular weight is 423 g/mol. The summed E-state index contributed by atoms with van der Waals surface area (Å²) in [5.74, 6) is 0.645. The molecule has 2 amide bonds. The van der Waals surface area contributed by atoms with Crippen LogP contribution in [0.1, 0.15) is 46.6 Å². The summed E-state index contributed by atoms with van der Waals surface area (Å²) >= 11 is 0. The van der Waals surface area contributed by atoms with E-state index in [0.717, 1.165) is 12.0 Å². The van der Waals surface area contributed by atoms with Gasteiger partial charge in [-0.1, -0.05) is 39.8 Å². The van der Waals surface area contributed by atoms with Gasteiger partial charge in [-0.15, -0.1) is 0 Å². The van der Waals surface area contributed by atoms with Gasteiger partial charge in [-0.05, 0) is 42.9 Å². The highest BCUT2D eigenvalue weighted by atomic mass is 16.5. The number of benzene rings is 1. The van der Waals surface area contributed by atoms with Crippen LogP contribution in [0, 0.1) is 11.8 Å². The SMILES string of the molecule is CCOC(Cc1ccc(OCCN(CCC(C)C)C(=O)NCC(C)C)cc1)C(=O)O. The molecule has 0 aromatic heterocycles. The van der Waals surface area contributed by atoms with Crippen LogP contribution in [0.15, 0.2) is 24.3 Å². The molecule has 30 heavy (non-hydrogen) atoms. The zero-order valence-corrected chi connectivity index (χ0v) is 19.0. The quantitative estimate of drug-likeness (QED) is 0.476. The minimum atomic E-state index is -0.964. The summed E-state index contributed by atoms with van der Waals surface area (Å²) in [6.07, 6.45) is 0.400. The van der Waals surface area contributed by atoms with Crippen molar-refractivity contribution in [1.29, 1.82) is 0 Å². The molecule has 0 saturated heterocycles. The van der Waals surface area contributed by atoms with Crippen LogP contribution < -0.4 is 10.1 Å². The highest BCUT2D eigenvalue weighted by Gasteiger charge is 2.18.